The highest BCUT2D eigenvalue weighted by Crippen LogP contribution is 2.40. The van der Waals surface area contributed by atoms with E-state index in [0.717, 1.165) is 36.6 Å². The fourth-order valence-electron chi connectivity index (χ4n) is 3.51. The van der Waals surface area contributed by atoms with Crippen molar-refractivity contribution >= 4 is 5.78 Å². The highest BCUT2D eigenvalue weighted by Gasteiger charge is 2.32. The van der Waals surface area contributed by atoms with Crippen LogP contribution in [0.5, 0.6) is 0 Å². The van der Waals surface area contributed by atoms with Crippen molar-refractivity contribution in [3.63, 3.8) is 0 Å². The van der Waals surface area contributed by atoms with E-state index in [9.17, 15) is 4.79 Å². The third-order valence-electron chi connectivity index (χ3n) is 5.15. The maximum Gasteiger partial charge on any atom is 0.141 e. The third kappa shape index (κ3) is 3.96. The zero-order valence-corrected chi connectivity index (χ0v) is 14.3. The molecule has 1 aliphatic rings. The lowest BCUT2D eigenvalue weighted by molar-refractivity contribution is -0.123. The van der Waals surface area contributed by atoms with Gasteiger partial charge in [0.25, 0.3) is 0 Å². The highest BCUT2D eigenvalue weighted by atomic mass is 16.1. The van der Waals surface area contributed by atoms with Gasteiger partial charge < -0.3 is 0 Å². The van der Waals surface area contributed by atoms with E-state index in [-0.39, 0.29) is 5.92 Å². The normalized spacial score (nSPS) is 23.3. The second-order valence-corrected chi connectivity index (χ2v) is 7.66. The maximum absolute atomic E-state index is 12.5. The SMILES string of the molecule is CCc1cc(CC(=O)C2CCC(C(C)(C)C)CC2)n(C)n1. The minimum atomic E-state index is 0.267. The van der Waals surface area contributed by atoms with Gasteiger partial charge in [0.1, 0.15) is 5.78 Å². The lowest BCUT2D eigenvalue weighted by Crippen LogP contribution is -2.29. The molecule has 1 fully saturated rings. The van der Waals surface area contributed by atoms with Gasteiger partial charge in [-0.1, -0.05) is 27.7 Å². The Morgan fingerprint density at radius 2 is 1.90 bits per heavy atom. The largest absolute Gasteiger partial charge is 0.299 e. The summed E-state index contributed by atoms with van der Waals surface area (Å²) in [4.78, 5) is 12.5. The van der Waals surface area contributed by atoms with Crippen LogP contribution >= 0.6 is 0 Å². The number of carbonyl (C=O) groups is 1. The van der Waals surface area contributed by atoms with Gasteiger partial charge in [0.2, 0.25) is 0 Å². The first-order chi connectivity index (χ1) is 9.81. The van der Waals surface area contributed by atoms with Crippen LogP contribution in [0.25, 0.3) is 0 Å². The standard InChI is InChI=1S/C18H30N2O/c1-6-15-11-16(20(5)19-15)12-17(21)13-7-9-14(10-8-13)18(2,3)4/h11,13-14H,6-10,12H2,1-5H3. The molecule has 3 nitrogen and oxygen atoms in total. The first-order valence-electron chi connectivity index (χ1n) is 8.35. The summed E-state index contributed by atoms with van der Waals surface area (Å²) >= 11 is 0. The van der Waals surface area contributed by atoms with E-state index in [4.69, 9.17) is 0 Å². The minimum Gasteiger partial charge on any atom is -0.299 e. The number of aromatic nitrogens is 2. The Bertz CT molecular complexity index is 488. The average molecular weight is 290 g/mol. The van der Waals surface area contributed by atoms with Gasteiger partial charge in [0.15, 0.2) is 0 Å². The second kappa shape index (κ2) is 6.33. The topological polar surface area (TPSA) is 34.9 Å². The summed E-state index contributed by atoms with van der Waals surface area (Å²) in [7, 11) is 1.94. The van der Waals surface area contributed by atoms with E-state index in [1.165, 1.54) is 12.8 Å². The first kappa shape index (κ1) is 16.3. The number of nitrogens with zero attached hydrogens (tertiary/aromatic N) is 2. The monoisotopic (exact) mass is 290 g/mol. The van der Waals surface area contributed by atoms with E-state index < -0.39 is 0 Å². The number of hydrogen-bond acceptors (Lipinski definition) is 2. The molecule has 21 heavy (non-hydrogen) atoms. The van der Waals surface area contributed by atoms with Gasteiger partial charge in [-0.05, 0) is 49.5 Å². The quantitative estimate of drug-likeness (QED) is 0.841. The van der Waals surface area contributed by atoms with Gasteiger partial charge >= 0.3 is 0 Å². The molecule has 1 heterocycles. The van der Waals surface area contributed by atoms with Crippen LogP contribution < -0.4 is 0 Å². The van der Waals surface area contributed by atoms with E-state index in [1.807, 2.05) is 11.7 Å². The van der Waals surface area contributed by atoms with Crippen LogP contribution in [0.4, 0.5) is 0 Å². The number of ketones is 1. The molecule has 0 saturated heterocycles. The molecule has 1 saturated carbocycles. The van der Waals surface area contributed by atoms with Crippen molar-refractivity contribution in [2.75, 3.05) is 0 Å². The van der Waals surface area contributed by atoms with Crippen LogP contribution in [0.1, 0.15) is 64.8 Å². The molecule has 1 aliphatic carbocycles. The van der Waals surface area contributed by atoms with E-state index in [0.29, 0.717) is 17.6 Å². The van der Waals surface area contributed by atoms with Crippen LogP contribution in [-0.2, 0) is 24.7 Å². The Balaban J connectivity index is 1.92. The maximum atomic E-state index is 12.5. The van der Waals surface area contributed by atoms with Crippen LogP contribution in [0, 0.1) is 17.3 Å². The van der Waals surface area contributed by atoms with Gasteiger partial charge in [-0.15, -0.1) is 0 Å². The Hall–Kier alpha value is -1.12. The van der Waals surface area contributed by atoms with Crippen molar-refractivity contribution in [3.8, 4) is 0 Å². The second-order valence-electron chi connectivity index (χ2n) is 7.66. The Morgan fingerprint density at radius 3 is 2.38 bits per heavy atom. The number of hydrogen-bond donors (Lipinski definition) is 0. The molecule has 0 amide bonds. The van der Waals surface area contributed by atoms with E-state index in [2.05, 4.69) is 38.9 Å². The first-order valence-corrected chi connectivity index (χ1v) is 8.35. The smallest absolute Gasteiger partial charge is 0.141 e. The highest BCUT2D eigenvalue weighted by molar-refractivity contribution is 5.83. The zero-order valence-electron chi connectivity index (χ0n) is 14.3. The molecule has 1 aromatic heterocycles. The van der Waals surface area contributed by atoms with Crippen molar-refractivity contribution in [3.05, 3.63) is 17.5 Å². The average Bonchev–Trinajstić information content (AvgIpc) is 2.78. The summed E-state index contributed by atoms with van der Waals surface area (Å²) in [6.45, 7) is 9.06. The lowest BCUT2D eigenvalue weighted by Gasteiger charge is -2.36. The summed E-state index contributed by atoms with van der Waals surface area (Å²) in [5.41, 5.74) is 2.53. The summed E-state index contributed by atoms with van der Waals surface area (Å²) in [5, 5.41) is 4.44. The van der Waals surface area contributed by atoms with Crippen LogP contribution in [0.3, 0.4) is 0 Å². The summed E-state index contributed by atoms with van der Waals surface area (Å²) in [6.07, 6.45) is 6.02. The molecule has 0 spiro atoms. The van der Waals surface area contributed by atoms with Gasteiger partial charge in [-0.3, -0.25) is 9.48 Å². The molecule has 1 aromatic rings. The molecule has 0 unspecified atom stereocenters. The molecule has 0 atom stereocenters. The van der Waals surface area contributed by atoms with Crippen LogP contribution in [0.15, 0.2) is 6.07 Å². The molecule has 0 aromatic carbocycles. The number of Topliss-reactive ketones (excluding diaryl/α,β-unsaturated/α-hetero) is 1. The molecule has 2 rings (SSSR count). The molecule has 0 N–H and O–H groups in total. The van der Waals surface area contributed by atoms with Gasteiger partial charge in [-0.2, -0.15) is 5.10 Å². The predicted molar refractivity (Wildman–Crippen MR) is 86.2 cm³/mol. The van der Waals surface area contributed by atoms with Gasteiger partial charge in [0, 0.05) is 25.1 Å². The zero-order chi connectivity index (χ0) is 15.6. The predicted octanol–water partition coefficient (Wildman–Crippen LogP) is 3.95. The van der Waals surface area contributed by atoms with Crippen molar-refractivity contribution < 1.29 is 4.79 Å². The van der Waals surface area contributed by atoms with Crippen LogP contribution in [-0.4, -0.2) is 15.6 Å². The fraction of sp³-hybridized carbons (Fsp3) is 0.778. The number of rotatable bonds is 4. The van der Waals surface area contributed by atoms with Crippen molar-refractivity contribution in [1.82, 2.24) is 9.78 Å². The van der Waals surface area contributed by atoms with E-state index >= 15 is 0 Å². The van der Waals surface area contributed by atoms with Gasteiger partial charge in [-0.25, -0.2) is 0 Å². The lowest BCUT2D eigenvalue weighted by atomic mass is 9.69. The van der Waals surface area contributed by atoms with Crippen molar-refractivity contribution in [2.45, 2.75) is 66.2 Å². The molecule has 0 bridgehead atoms. The molecule has 118 valence electrons. The third-order valence-corrected chi connectivity index (χ3v) is 5.15. The molecule has 3 heteroatoms. The summed E-state index contributed by atoms with van der Waals surface area (Å²) < 4.78 is 1.87. The molecule has 0 radical (unpaired) electrons. The molecular formula is C18H30N2O. The Labute approximate surface area is 129 Å². The summed E-state index contributed by atoms with van der Waals surface area (Å²) in [5.74, 6) is 1.45. The fourth-order valence-corrected chi connectivity index (χ4v) is 3.51. The molecular weight excluding hydrogens is 260 g/mol. The molecule has 0 aliphatic heterocycles. The Kier molecular flexibility index (Phi) is 4.90. The van der Waals surface area contributed by atoms with Crippen LogP contribution in [0.2, 0.25) is 0 Å². The number of aryl methyl sites for hydroxylation is 2. The van der Waals surface area contributed by atoms with Crippen molar-refractivity contribution in [2.24, 2.45) is 24.3 Å². The number of carbonyl (C=O) groups excluding carboxylic acids is 1. The minimum absolute atomic E-state index is 0.267. The van der Waals surface area contributed by atoms with Crippen molar-refractivity contribution in [1.29, 1.82) is 0 Å². The Morgan fingerprint density at radius 1 is 1.29 bits per heavy atom. The summed E-state index contributed by atoms with van der Waals surface area (Å²) in [6, 6.07) is 2.08. The van der Waals surface area contributed by atoms with Gasteiger partial charge in [0.05, 0.1) is 5.69 Å². The van der Waals surface area contributed by atoms with E-state index in [1.54, 1.807) is 0 Å².